The molecule has 2 heterocycles. The summed E-state index contributed by atoms with van der Waals surface area (Å²) >= 11 is 0. The van der Waals surface area contributed by atoms with Crippen LogP contribution in [0.5, 0.6) is 0 Å². The van der Waals surface area contributed by atoms with Gasteiger partial charge in [-0.15, -0.1) is 0 Å². The van der Waals surface area contributed by atoms with Gasteiger partial charge in [0.15, 0.2) is 0 Å². The molecule has 0 atom stereocenters. The fourth-order valence-corrected chi connectivity index (χ4v) is 13.6. The summed E-state index contributed by atoms with van der Waals surface area (Å²) in [6, 6.07) is 61.1. The maximum Gasteiger partial charge on any atom is 0.144 e. The quantitative estimate of drug-likeness (QED) is 0.176. The first-order valence-electron chi connectivity index (χ1n) is 25.4. The summed E-state index contributed by atoms with van der Waals surface area (Å²) in [5.74, 6) is 0. The van der Waals surface area contributed by atoms with E-state index in [-0.39, 0.29) is 21.7 Å². The number of fused-ring (bicyclic) bond motifs is 19. The van der Waals surface area contributed by atoms with Gasteiger partial charge < -0.3 is 13.7 Å². The van der Waals surface area contributed by atoms with Gasteiger partial charge in [-0.1, -0.05) is 177 Å². The molecule has 2 aromatic heterocycles. The monoisotopic (exact) mass is 919 g/mol. The van der Waals surface area contributed by atoms with E-state index in [9.17, 15) is 0 Å². The second-order valence-electron chi connectivity index (χ2n) is 23.3. The van der Waals surface area contributed by atoms with E-state index < -0.39 is 0 Å². The maximum atomic E-state index is 6.99. The van der Waals surface area contributed by atoms with Crippen molar-refractivity contribution in [3.8, 4) is 44.5 Å². The molecule has 0 aliphatic heterocycles. The molecule has 3 aliphatic carbocycles. The molecular formula is C68H57NO2. The number of anilines is 3. The summed E-state index contributed by atoms with van der Waals surface area (Å²) in [6.07, 6.45) is 0. The average Bonchev–Trinajstić information content (AvgIpc) is 4.11. The number of para-hydroxylation sites is 2. The maximum absolute atomic E-state index is 6.99. The fraction of sp³-hybridized carbons (Fsp3) is 0.206. The summed E-state index contributed by atoms with van der Waals surface area (Å²) in [6.45, 7) is 23.7. The van der Waals surface area contributed by atoms with Gasteiger partial charge in [0.05, 0.1) is 0 Å². The van der Waals surface area contributed by atoms with Crippen LogP contribution < -0.4 is 4.90 Å². The predicted octanol–water partition coefficient (Wildman–Crippen LogP) is 19.1. The lowest BCUT2D eigenvalue weighted by Crippen LogP contribution is -2.24. The first-order chi connectivity index (χ1) is 34.0. The lowest BCUT2D eigenvalue weighted by molar-refractivity contribution is 0.591. The second kappa shape index (κ2) is 14.0. The summed E-state index contributed by atoms with van der Waals surface area (Å²) in [7, 11) is 0. The molecule has 0 unspecified atom stereocenters. The van der Waals surface area contributed by atoms with Gasteiger partial charge in [-0.25, -0.2) is 0 Å². The largest absolute Gasteiger partial charge is 0.455 e. The normalized spacial score (nSPS) is 15.5. The van der Waals surface area contributed by atoms with Crippen LogP contribution in [0.25, 0.3) is 88.4 Å². The van der Waals surface area contributed by atoms with Crippen LogP contribution in [-0.4, -0.2) is 0 Å². The standard InChI is InChI=1S/C68H57NO2/c1-38-27-29-39(30-28-38)69(40-31-33-44-51(35-40)66(5,6)53-37-48(42-19-11-15-23-49(42)65(2,3)4)63-58(56(44)53)46-21-13-17-25-54(46)70-63)41-32-34-45-52(36-41)68(9,10)61-57(45)59-47-22-14-18-26-55(47)71-64(59)60-43-20-12-16-24-50(43)67(7,8)62(60)61/h11-37H,1-10H3. The van der Waals surface area contributed by atoms with Crippen molar-refractivity contribution in [2.45, 2.75) is 90.9 Å². The number of benzene rings is 9. The SMILES string of the molecule is Cc1ccc(N(c2ccc3c(c2)C(C)(C)c2cc(-c4ccccc4C(C)(C)C)c4oc5ccccc5c4c2-3)c2ccc3c(c2)C(C)(C)c2c4c(c5oc6ccccc6c5c2-3)-c2ccccc2C4(C)C)cc1. The van der Waals surface area contributed by atoms with E-state index in [0.717, 1.165) is 50.3 Å². The van der Waals surface area contributed by atoms with E-state index in [1.165, 1.54) is 99.6 Å². The van der Waals surface area contributed by atoms with Gasteiger partial charge in [-0.3, -0.25) is 0 Å². The first-order valence-corrected chi connectivity index (χ1v) is 25.4. The molecule has 14 rings (SSSR count). The fourth-order valence-electron chi connectivity index (χ4n) is 13.6. The first kappa shape index (κ1) is 42.3. The Morgan fingerprint density at radius 2 is 0.887 bits per heavy atom. The van der Waals surface area contributed by atoms with Crippen LogP contribution in [0.4, 0.5) is 17.1 Å². The van der Waals surface area contributed by atoms with Crippen LogP contribution in [0.3, 0.4) is 0 Å². The van der Waals surface area contributed by atoms with Crippen molar-refractivity contribution >= 4 is 60.9 Å². The highest BCUT2D eigenvalue weighted by Gasteiger charge is 2.49. The topological polar surface area (TPSA) is 29.5 Å². The molecule has 0 N–H and O–H groups in total. The molecule has 0 fully saturated rings. The van der Waals surface area contributed by atoms with Gasteiger partial charge in [-0.05, 0) is 139 Å². The Labute approximate surface area is 416 Å². The number of aryl methyl sites for hydroxylation is 1. The molecule has 0 bridgehead atoms. The highest BCUT2D eigenvalue weighted by molar-refractivity contribution is 6.21. The summed E-state index contributed by atoms with van der Waals surface area (Å²) in [5, 5.41) is 4.75. The van der Waals surface area contributed by atoms with E-state index in [2.05, 4.69) is 238 Å². The van der Waals surface area contributed by atoms with Crippen LogP contribution in [0.2, 0.25) is 0 Å². The molecule has 9 aromatic carbocycles. The van der Waals surface area contributed by atoms with E-state index in [1.807, 2.05) is 0 Å². The van der Waals surface area contributed by atoms with Crippen molar-refractivity contribution in [3.63, 3.8) is 0 Å². The minimum Gasteiger partial charge on any atom is -0.455 e. The highest BCUT2D eigenvalue weighted by atomic mass is 16.3. The van der Waals surface area contributed by atoms with E-state index in [0.29, 0.717) is 0 Å². The minimum absolute atomic E-state index is 0.0569. The average molecular weight is 920 g/mol. The van der Waals surface area contributed by atoms with Gasteiger partial charge in [0.1, 0.15) is 22.3 Å². The van der Waals surface area contributed by atoms with Crippen LogP contribution in [0.15, 0.2) is 173 Å². The Morgan fingerprint density at radius 3 is 1.55 bits per heavy atom. The Balaban J connectivity index is 0.983. The van der Waals surface area contributed by atoms with Crippen LogP contribution in [0.1, 0.15) is 107 Å². The highest BCUT2D eigenvalue weighted by Crippen LogP contribution is 2.64. The third-order valence-electron chi connectivity index (χ3n) is 17.0. The smallest absolute Gasteiger partial charge is 0.144 e. The molecule has 71 heavy (non-hydrogen) atoms. The third-order valence-corrected chi connectivity index (χ3v) is 17.0. The van der Waals surface area contributed by atoms with Crippen molar-refractivity contribution < 1.29 is 8.83 Å². The van der Waals surface area contributed by atoms with Gasteiger partial charge >= 0.3 is 0 Å². The van der Waals surface area contributed by atoms with Crippen molar-refractivity contribution in [2.24, 2.45) is 0 Å². The summed E-state index contributed by atoms with van der Waals surface area (Å²) in [4.78, 5) is 2.49. The van der Waals surface area contributed by atoms with Gasteiger partial charge in [-0.2, -0.15) is 0 Å². The van der Waals surface area contributed by atoms with Crippen LogP contribution >= 0.6 is 0 Å². The number of rotatable bonds is 4. The molecule has 346 valence electrons. The number of nitrogens with zero attached hydrogens (tertiary/aromatic N) is 1. The Bertz CT molecular complexity index is 4120. The molecular weight excluding hydrogens is 863 g/mol. The lowest BCUT2D eigenvalue weighted by Gasteiger charge is -2.32. The number of hydrogen-bond donors (Lipinski definition) is 0. The second-order valence-corrected chi connectivity index (χ2v) is 23.3. The van der Waals surface area contributed by atoms with E-state index in [4.69, 9.17) is 8.83 Å². The van der Waals surface area contributed by atoms with Crippen LogP contribution in [-0.2, 0) is 21.7 Å². The third kappa shape index (κ3) is 5.55. The number of furan rings is 2. The number of hydrogen-bond acceptors (Lipinski definition) is 3. The molecule has 3 nitrogen and oxygen atoms in total. The molecule has 0 spiro atoms. The Hall–Kier alpha value is -7.62. The molecule has 3 heteroatoms. The van der Waals surface area contributed by atoms with E-state index >= 15 is 0 Å². The van der Waals surface area contributed by atoms with Gasteiger partial charge in [0.2, 0.25) is 0 Å². The van der Waals surface area contributed by atoms with Crippen molar-refractivity contribution in [1.82, 2.24) is 0 Å². The zero-order valence-corrected chi connectivity index (χ0v) is 42.4. The molecule has 0 amide bonds. The Morgan fingerprint density at radius 1 is 0.394 bits per heavy atom. The zero-order valence-electron chi connectivity index (χ0n) is 42.4. The molecule has 3 aliphatic rings. The molecule has 0 saturated heterocycles. The molecule has 11 aromatic rings. The Kier molecular flexibility index (Phi) is 8.36. The minimum atomic E-state index is -0.320. The zero-order chi connectivity index (χ0) is 48.7. The predicted molar refractivity (Wildman–Crippen MR) is 297 cm³/mol. The lowest BCUT2D eigenvalue weighted by atomic mass is 9.72. The molecule has 0 radical (unpaired) electrons. The molecule has 0 saturated carbocycles. The van der Waals surface area contributed by atoms with E-state index in [1.54, 1.807) is 0 Å². The van der Waals surface area contributed by atoms with Crippen LogP contribution in [0, 0.1) is 6.92 Å². The van der Waals surface area contributed by atoms with Crippen molar-refractivity contribution in [3.05, 3.63) is 208 Å². The summed E-state index contributed by atoms with van der Waals surface area (Å²) < 4.78 is 13.9. The summed E-state index contributed by atoms with van der Waals surface area (Å²) in [5.41, 5.74) is 27.1. The van der Waals surface area contributed by atoms with Gasteiger partial charge in [0, 0.05) is 66.0 Å². The van der Waals surface area contributed by atoms with Crippen molar-refractivity contribution in [2.75, 3.05) is 4.90 Å². The van der Waals surface area contributed by atoms with Gasteiger partial charge in [0.25, 0.3) is 0 Å². The van der Waals surface area contributed by atoms with Crippen molar-refractivity contribution in [1.29, 1.82) is 0 Å².